The van der Waals surface area contributed by atoms with Crippen LogP contribution in [0.15, 0.2) is 42.7 Å². The van der Waals surface area contributed by atoms with Crippen molar-refractivity contribution in [1.29, 1.82) is 5.26 Å². The highest BCUT2D eigenvalue weighted by Crippen LogP contribution is 2.13. The normalized spacial score (nSPS) is 9.89. The van der Waals surface area contributed by atoms with E-state index in [0.717, 1.165) is 17.7 Å². The van der Waals surface area contributed by atoms with E-state index in [2.05, 4.69) is 40.6 Å². The largest absolute Gasteiger partial charge is 0.379 e. The summed E-state index contributed by atoms with van der Waals surface area (Å²) in [6.07, 6.45) is 4.18. The fourth-order valence-electron chi connectivity index (χ4n) is 1.82. The molecule has 0 fully saturated rings. The molecule has 0 unspecified atom stereocenters. The van der Waals surface area contributed by atoms with Gasteiger partial charge in [-0.1, -0.05) is 24.3 Å². The van der Waals surface area contributed by atoms with E-state index in [1.54, 1.807) is 18.5 Å². The van der Waals surface area contributed by atoms with Gasteiger partial charge in [0.05, 0.1) is 17.4 Å². The smallest absolute Gasteiger partial charge is 0.101 e. The molecule has 4 nitrogen and oxygen atoms in total. The molecule has 0 atom stereocenters. The maximum Gasteiger partial charge on any atom is 0.101 e. The van der Waals surface area contributed by atoms with Crippen molar-refractivity contribution in [2.75, 3.05) is 11.9 Å². The molecule has 4 heteroatoms. The van der Waals surface area contributed by atoms with E-state index < -0.39 is 0 Å². The van der Waals surface area contributed by atoms with Crippen molar-refractivity contribution in [1.82, 2.24) is 4.98 Å². The molecule has 2 aromatic rings. The summed E-state index contributed by atoms with van der Waals surface area (Å²) in [6, 6.07) is 12.1. The molecule has 2 rings (SSSR count). The van der Waals surface area contributed by atoms with Crippen molar-refractivity contribution in [2.45, 2.75) is 13.0 Å². The Morgan fingerprint density at radius 2 is 1.89 bits per heavy atom. The van der Waals surface area contributed by atoms with Crippen LogP contribution in [-0.2, 0) is 13.0 Å². The van der Waals surface area contributed by atoms with E-state index in [9.17, 15) is 0 Å². The van der Waals surface area contributed by atoms with Crippen LogP contribution in [-0.4, -0.2) is 11.5 Å². The van der Waals surface area contributed by atoms with E-state index in [-0.39, 0.29) is 0 Å². The number of benzene rings is 1. The Morgan fingerprint density at radius 3 is 2.58 bits per heavy atom. The van der Waals surface area contributed by atoms with Gasteiger partial charge in [0.25, 0.3) is 0 Å². The van der Waals surface area contributed by atoms with E-state index >= 15 is 0 Å². The third kappa shape index (κ3) is 3.54. The van der Waals surface area contributed by atoms with E-state index in [1.165, 1.54) is 5.56 Å². The summed E-state index contributed by atoms with van der Waals surface area (Å²) in [5, 5.41) is 12.2. The number of hydrogen-bond donors (Lipinski definition) is 2. The van der Waals surface area contributed by atoms with E-state index in [4.69, 9.17) is 11.0 Å². The van der Waals surface area contributed by atoms with Gasteiger partial charge in [0.15, 0.2) is 0 Å². The molecule has 1 aromatic carbocycles. The number of aromatic nitrogens is 1. The Kier molecular flexibility index (Phi) is 4.49. The van der Waals surface area contributed by atoms with Crippen LogP contribution in [0.1, 0.15) is 16.7 Å². The first-order chi connectivity index (χ1) is 9.33. The molecule has 0 saturated carbocycles. The second-order valence-corrected chi connectivity index (χ2v) is 4.24. The van der Waals surface area contributed by atoms with E-state index in [0.29, 0.717) is 18.7 Å². The molecular formula is C15H16N4. The van der Waals surface area contributed by atoms with Gasteiger partial charge in [-0.3, -0.25) is 4.98 Å². The van der Waals surface area contributed by atoms with Crippen molar-refractivity contribution >= 4 is 5.69 Å². The van der Waals surface area contributed by atoms with Crippen molar-refractivity contribution in [3.05, 3.63) is 59.4 Å². The molecule has 0 aliphatic carbocycles. The van der Waals surface area contributed by atoms with Crippen molar-refractivity contribution in [3.8, 4) is 6.07 Å². The number of pyridine rings is 1. The van der Waals surface area contributed by atoms with Gasteiger partial charge >= 0.3 is 0 Å². The Morgan fingerprint density at radius 1 is 1.16 bits per heavy atom. The lowest BCUT2D eigenvalue weighted by molar-refractivity contribution is 0.966. The minimum absolute atomic E-state index is 0.606. The maximum absolute atomic E-state index is 8.98. The number of nitrogens with zero attached hydrogens (tertiary/aromatic N) is 2. The summed E-state index contributed by atoms with van der Waals surface area (Å²) >= 11 is 0. The van der Waals surface area contributed by atoms with Crippen LogP contribution in [0, 0.1) is 11.3 Å². The highest BCUT2D eigenvalue weighted by atomic mass is 14.9. The van der Waals surface area contributed by atoms with Crippen molar-refractivity contribution in [2.24, 2.45) is 5.73 Å². The van der Waals surface area contributed by atoms with Gasteiger partial charge in [-0.2, -0.15) is 5.26 Å². The quantitative estimate of drug-likeness (QED) is 0.854. The van der Waals surface area contributed by atoms with Crippen LogP contribution >= 0.6 is 0 Å². The number of nitrogens with two attached hydrogens (primary N) is 1. The van der Waals surface area contributed by atoms with E-state index in [1.807, 2.05) is 0 Å². The van der Waals surface area contributed by atoms with Gasteiger partial charge in [0.2, 0.25) is 0 Å². The first-order valence-electron chi connectivity index (χ1n) is 6.19. The minimum Gasteiger partial charge on any atom is -0.379 e. The highest BCUT2D eigenvalue weighted by Gasteiger charge is 2.01. The predicted octanol–water partition coefficient (Wildman–Crippen LogP) is 2.07. The summed E-state index contributed by atoms with van der Waals surface area (Å²) in [6.45, 7) is 1.34. The zero-order valence-corrected chi connectivity index (χ0v) is 10.6. The summed E-state index contributed by atoms with van der Waals surface area (Å²) in [7, 11) is 0. The van der Waals surface area contributed by atoms with Crippen LogP contribution in [0.5, 0.6) is 0 Å². The molecule has 0 aliphatic rings. The standard InChI is InChI=1S/C15H16N4/c16-7-5-12-1-3-13(4-2-12)10-19-15-11-18-8-6-14(15)9-17/h1-4,6,8,11,19H,5,7,10,16H2. The average molecular weight is 252 g/mol. The van der Waals surface area contributed by atoms with Gasteiger partial charge in [0, 0.05) is 12.7 Å². The fraction of sp³-hybridized carbons (Fsp3) is 0.200. The lowest BCUT2D eigenvalue weighted by Crippen LogP contribution is -2.04. The number of nitrogens with one attached hydrogen (secondary N) is 1. The molecule has 96 valence electrons. The van der Waals surface area contributed by atoms with Gasteiger partial charge in [0.1, 0.15) is 6.07 Å². The zero-order chi connectivity index (χ0) is 13.5. The summed E-state index contributed by atoms with van der Waals surface area (Å²) in [5.74, 6) is 0. The molecule has 0 amide bonds. The first kappa shape index (κ1) is 13.1. The predicted molar refractivity (Wildman–Crippen MR) is 75.5 cm³/mol. The van der Waals surface area contributed by atoms with Crippen LogP contribution in [0.4, 0.5) is 5.69 Å². The maximum atomic E-state index is 8.98. The van der Waals surface area contributed by atoms with Gasteiger partial charge in [-0.15, -0.1) is 0 Å². The molecule has 0 bridgehead atoms. The molecule has 1 heterocycles. The first-order valence-corrected chi connectivity index (χ1v) is 6.19. The van der Waals surface area contributed by atoms with Crippen LogP contribution in [0.3, 0.4) is 0 Å². The third-order valence-electron chi connectivity index (χ3n) is 2.88. The SMILES string of the molecule is N#Cc1ccncc1NCc1ccc(CCN)cc1. The van der Waals surface area contributed by atoms with Crippen molar-refractivity contribution in [3.63, 3.8) is 0 Å². The molecular weight excluding hydrogens is 236 g/mol. The zero-order valence-electron chi connectivity index (χ0n) is 10.6. The van der Waals surface area contributed by atoms with Gasteiger partial charge in [-0.25, -0.2) is 0 Å². The highest BCUT2D eigenvalue weighted by molar-refractivity contribution is 5.55. The monoisotopic (exact) mass is 252 g/mol. The second-order valence-electron chi connectivity index (χ2n) is 4.24. The molecule has 0 radical (unpaired) electrons. The Labute approximate surface area is 112 Å². The molecule has 0 saturated heterocycles. The molecule has 3 N–H and O–H groups in total. The van der Waals surface area contributed by atoms with Gasteiger partial charge < -0.3 is 11.1 Å². The Bertz CT molecular complexity index is 569. The average Bonchev–Trinajstić information content (AvgIpc) is 2.47. The molecule has 19 heavy (non-hydrogen) atoms. The van der Waals surface area contributed by atoms with Crippen LogP contribution < -0.4 is 11.1 Å². The summed E-state index contributed by atoms with van der Waals surface area (Å²) in [4.78, 5) is 4.02. The molecule has 0 aliphatic heterocycles. The minimum atomic E-state index is 0.606. The molecule has 1 aromatic heterocycles. The lowest BCUT2D eigenvalue weighted by atomic mass is 10.1. The Hall–Kier alpha value is -2.38. The Balaban J connectivity index is 2.00. The van der Waals surface area contributed by atoms with Crippen LogP contribution in [0.25, 0.3) is 0 Å². The second kappa shape index (κ2) is 6.53. The lowest BCUT2D eigenvalue weighted by Gasteiger charge is -2.08. The summed E-state index contributed by atoms with van der Waals surface area (Å²) < 4.78 is 0. The molecule has 0 spiro atoms. The van der Waals surface area contributed by atoms with Gasteiger partial charge in [-0.05, 0) is 30.2 Å². The fourth-order valence-corrected chi connectivity index (χ4v) is 1.82. The summed E-state index contributed by atoms with van der Waals surface area (Å²) in [5.41, 5.74) is 9.28. The number of nitriles is 1. The van der Waals surface area contributed by atoms with Crippen molar-refractivity contribution < 1.29 is 0 Å². The number of anilines is 1. The van der Waals surface area contributed by atoms with Crippen LogP contribution in [0.2, 0.25) is 0 Å². The topological polar surface area (TPSA) is 74.7 Å². The number of rotatable bonds is 5. The third-order valence-corrected chi connectivity index (χ3v) is 2.88. The number of hydrogen-bond acceptors (Lipinski definition) is 4.